The van der Waals surface area contributed by atoms with Crippen molar-refractivity contribution in [3.8, 4) is 5.69 Å². The summed E-state index contributed by atoms with van der Waals surface area (Å²) < 4.78 is 2.19. The van der Waals surface area contributed by atoms with Crippen molar-refractivity contribution in [2.45, 2.75) is 58.4 Å². The Morgan fingerprint density at radius 3 is 2.72 bits per heavy atom. The fourth-order valence-corrected chi connectivity index (χ4v) is 4.22. The lowest BCUT2D eigenvalue weighted by Crippen LogP contribution is -2.29. The number of nitrogens with zero attached hydrogens (tertiary/aromatic N) is 3. The van der Waals surface area contributed by atoms with Crippen molar-refractivity contribution in [1.29, 1.82) is 0 Å². The summed E-state index contributed by atoms with van der Waals surface area (Å²) in [6.45, 7) is 6.73. The van der Waals surface area contributed by atoms with Crippen LogP contribution in [0.3, 0.4) is 0 Å². The zero-order valence-electron chi connectivity index (χ0n) is 15.4. The molecule has 1 N–H and O–H groups in total. The number of benzene rings is 1. The Hall–Kier alpha value is -1.81. The maximum absolute atomic E-state index is 5.12. The van der Waals surface area contributed by atoms with E-state index in [-0.39, 0.29) is 0 Å². The number of hydrogen-bond donors (Lipinski definition) is 1. The molecule has 0 spiro atoms. The number of para-hydroxylation sites is 1. The fourth-order valence-electron chi connectivity index (χ4n) is 4.22. The van der Waals surface area contributed by atoms with Crippen molar-refractivity contribution in [2.24, 2.45) is 0 Å². The topological polar surface area (TPSA) is 33.1 Å². The summed E-state index contributed by atoms with van der Waals surface area (Å²) in [6.07, 6.45) is 8.74. The van der Waals surface area contributed by atoms with E-state index in [0.29, 0.717) is 0 Å². The molecule has 4 nitrogen and oxygen atoms in total. The zero-order valence-corrected chi connectivity index (χ0v) is 15.4. The molecule has 1 fully saturated rings. The molecule has 4 rings (SSSR count). The molecule has 0 unspecified atom stereocenters. The number of rotatable bonds is 4. The van der Waals surface area contributed by atoms with Gasteiger partial charge < -0.3 is 5.32 Å². The number of fused-ring (bicyclic) bond motifs is 1. The molecule has 0 radical (unpaired) electrons. The number of anilines is 1. The fraction of sp³-hybridized carbons (Fsp3) is 0.571. The first-order valence-electron chi connectivity index (χ1n) is 10.0. The number of likely N-dealkylation sites (tertiary alicyclic amines) is 1. The van der Waals surface area contributed by atoms with Crippen LogP contribution in [0.5, 0.6) is 0 Å². The summed E-state index contributed by atoms with van der Waals surface area (Å²) >= 11 is 0. The lowest BCUT2D eigenvalue weighted by molar-refractivity contribution is 0.217. The number of aryl methyl sites for hydroxylation is 1. The molecule has 0 atom stereocenters. The van der Waals surface area contributed by atoms with E-state index in [9.17, 15) is 0 Å². The Bertz CT molecular complexity index is 713. The van der Waals surface area contributed by atoms with Gasteiger partial charge in [-0.05, 0) is 63.2 Å². The first-order chi connectivity index (χ1) is 12.4. The summed E-state index contributed by atoms with van der Waals surface area (Å²) in [7, 11) is 0. The summed E-state index contributed by atoms with van der Waals surface area (Å²) in [4.78, 5) is 2.59. The highest BCUT2D eigenvalue weighted by Gasteiger charge is 2.23. The van der Waals surface area contributed by atoms with Crippen LogP contribution in [0.4, 0.5) is 5.82 Å². The summed E-state index contributed by atoms with van der Waals surface area (Å²) in [5.74, 6) is 1.24. The van der Waals surface area contributed by atoms with E-state index < -0.39 is 0 Å². The number of nitrogens with one attached hydrogen (secondary N) is 1. The second kappa shape index (κ2) is 7.61. The number of aromatic nitrogens is 2. The van der Waals surface area contributed by atoms with Crippen LogP contribution in [-0.4, -0.2) is 34.3 Å². The molecule has 2 aliphatic rings. The standard InChI is InChI=1S/C21H30N4/c1-2-17-10-4-5-12-20(17)25-21-18(11-6-7-13-22-21)19(23-25)16-24-14-8-3-9-15-24/h4-5,10,12,22H,2-3,6-9,11,13-16H2,1H3. The molecular weight excluding hydrogens is 308 g/mol. The average Bonchev–Trinajstić information content (AvgIpc) is 2.84. The van der Waals surface area contributed by atoms with E-state index in [1.165, 1.54) is 73.5 Å². The van der Waals surface area contributed by atoms with Gasteiger partial charge in [0.25, 0.3) is 0 Å². The Morgan fingerprint density at radius 1 is 1.04 bits per heavy atom. The predicted molar refractivity (Wildman–Crippen MR) is 103 cm³/mol. The maximum atomic E-state index is 5.12. The van der Waals surface area contributed by atoms with Gasteiger partial charge in [-0.25, -0.2) is 4.68 Å². The van der Waals surface area contributed by atoms with Crippen molar-refractivity contribution in [2.75, 3.05) is 25.0 Å². The summed E-state index contributed by atoms with van der Waals surface area (Å²) in [6, 6.07) is 8.70. The van der Waals surface area contributed by atoms with Crippen molar-refractivity contribution in [3.05, 3.63) is 41.1 Å². The normalized spacial score (nSPS) is 18.4. The number of piperidine rings is 1. The lowest BCUT2D eigenvalue weighted by Gasteiger charge is -2.25. The largest absolute Gasteiger partial charge is 0.370 e. The Kier molecular flexibility index (Phi) is 5.07. The Balaban J connectivity index is 1.73. The monoisotopic (exact) mass is 338 g/mol. The molecule has 3 heterocycles. The Labute approximate surface area is 151 Å². The summed E-state index contributed by atoms with van der Waals surface area (Å²) in [5, 5.41) is 8.80. The molecule has 25 heavy (non-hydrogen) atoms. The first kappa shape index (κ1) is 16.6. The molecule has 0 bridgehead atoms. The van der Waals surface area contributed by atoms with Gasteiger partial charge in [-0.1, -0.05) is 31.5 Å². The molecule has 4 heteroatoms. The Morgan fingerprint density at radius 2 is 1.88 bits per heavy atom. The van der Waals surface area contributed by atoms with E-state index in [0.717, 1.165) is 25.9 Å². The predicted octanol–water partition coefficient (Wildman–Crippen LogP) is 4.17. The third kappa shape index (κ3) is 3.45. The molecule has 2 aromatic rings. The van der Waals surface area contributed by atoms with Crippen molar-refractivity contribution >= 4 is 5.82 Å². The van der Waals surface area contributed by atoms with Crippen LogP contribution in [-0.2, 0) is 19.4 Å². The molecule has 1 aromatic carbocycles. The van der Waals surface area contributed by atoms with Crippen molar-refractivity contribution in [1.82, 2.24) is 14.7 Å². The third-order valence-corrected chi connectivity index (χ3v) is 5.64. The van der Waals surface area contributed by atoms with Crippen LogP contribution in [0.2, 0.25) is 0 Å². The molecular formula is C21H30N4. The molecule has 1 saturated heterocycles. The van der Waals surface area contributed by atoms with Gasteiger partial charge in [-0.3, -0.25) is 4.90 Å². The molecule has 0 saturated carbocycles. The van der Waals surface area contributed by atoms with Crippen LogP contribution < -0.4 is 5.32 Å². The van der Waals surface area contributed by atoms with Crippen LogP contribution >= 0.6 is 0 Å². The molecule has 134 valence electrons. The van der Waals surface area contributed by atoms with E-state index in [1.807, 2.05) is 0 Å². The van der Waals surface area contributed by atoms with Gasteiger partial charge in [0.15, 0.2) is 0 Å². The van der Waals surface area contributed by atoms with Crippen molar-refractivity contribution in [3.63, 3.8) is 0 Å². The maximum Gasteiger partial charge on any atom is 0.133 e. The van der Waals surface area contributed by atoms with Crippen LogP contribution in [0.25, 0.3) is 5.69 Å². The minimum atomic E-state index is 1.01. The highest BCUT2D eigenvalue weighted by Crippen LogP contribution is 2.30. The van der Waals surface area contributed by atoms with E-state index in [2.05, 4.69) is 46.1 Å². The molecule has 2 aliphatic heterocycles. The molecule has 0 aliphatic carbocycles. The van der Waals surface area contributed by atoms with Gasteiger partial charge in [0.05, 0.1) is 11.4 Å². The smallest absolute Gasteiger partial charge is 0.133 e. The van der Waals surface area contributed by atoms with Gasteiger partial charge in [0.2, 0.25) is 0 Å². The SMILES string of the molecule is CCc1ccccc1-n1nc(CN2CCCCC2)c2c1NCCCC2. The highest BCUT2D eigenvalue weighted by atomic mass is 15.3. The lowest BCUT2D eigenvalue weighted by atomic mass is 10.1. The quantitative estimate of drug-likeness (QED) is 0.908. The van der Waals surface area contributed by atoms with Gasteiger partial charge >= 0.3 is 0 Å². The third-order valence-electron chi connectivity index (χ3n) is 5.64. The van der Waals surface area contributed by atoms with Gasteiger partial charge in [0, 0.05) is 18.7 Å². The van der Waals surface area contributed by atoms with E-state index in [4.69, 9.17) is 5.10 Å². The van der Waals surface area contributed by atoms with Crippen LogP contribution in [0, 0.1) is 0 Å². The molecule has 0 amide bonds. The van der Waals surface area contributed by atoms with Gasteiger partial charge in [-0.2, -0.15) is 5.10 Å². The van der Waals surface area contributed by atoms with Crippen LogP contribution in [0.1, 0.15) is 55.8 Å². The van der Waals surface area contributed by atoms with Gasteiger partial charge in [-0.15, -0.1) is 0 Å². The average molecular weight is 338 g/mol. The first-order valence-corrected chi connectivity index (χ1v) is 10.0. The van der Waals surface area contributed by atoms with E-state index >= 15 is 0 Å². The molecule has 1 aromatic heterocycles. The van der Waals surface area contributed by atoms with Crippen molar-refractivity contribution < 1.29 is 0 Å². The second-order valence-electron chi connectivity index (χ2n) is 7.39. The summed E-state index contributed by atoms with van der Waals surface area (Å²) in [5.41, 5.74) is 5.34. The van der Waals surface area contributed by atoms with E-state index in [1.54, 1.807) is 0 Å². The highest BCUT2D eigenvalue weighted by molar-refractivity contribution is 5.56. The number of hydrogen-bond acceptors (Lipinski definition) is 3. The zero-order chi connectivity index (χ0) is 17.1. The minimum absolute atomic E-state index is 1.01. The van der Waals surface area contributed by atoms with Crippen LogP contribution in [0.15, 0.2) is 24.3 Å². The second-order valence-corrected chi connectivity index (χ2v) is 7.39. The van der Waals surface area contributed by atoms with Gasteiger partial charge in [0.1, 0.15) is 5.82 Å². The minimum Gasteiger partial charge on any atom is -0.370 e.